The highest BCUT2D eigenvalue weighted by molar-refractivity contribution is 7.98. The largest absolute Gasteiger partial charge is 0.383 e. The number of thioether (sulfide) groups is 2. The number of aryl methyl sites for hydroxylation is 2. The lowest BCUT2D eigenvalue weighted by Crippen LogP contribution is -2.33. The van der Waals surface area contributed by atoms with Crippen molar-refractivity contribution in [1.29, 1.82) is 0 Å². The molecule has 7 heteroatoms. The van der Waals surface area contributed by atoms with Gasteiger partial charge in [0.2, 0.25) is 0 Å². The van der Waals surface area contributed by atoms with Crippen molar-refractivity contribution < 1.29 is 4.57 Å². The molecule has 0 amide bonds. The van der Waals surface area contributed by atoms with Crippen LogP contribution in [0.15, 0.2) is 34.6 Å². The molecule has 0 spiro atoms. The lowest BCUT2D eigenvalue weighted by atomic mass is 10.2. The molecular formula is C13H16N5S2+. The van der Waals surface area contributed by atoms with E-state index < -0.39 is 0 Å². The summed E-state index contributed by atoms with van der Waals surface area (Å²) >= 11 is 3.23. The number of hydrogen-bond donors (Lipinski definition) is 0. The van der Waals surface area contributed by atoms with Crippen LogP contribution in [0.4, 0.5) is 0 Å². The minimum Gasteiger partial charge on any atom is -0.179 e. The summed E-state index contributed by atoms with van der Waals surface area (Å²) in [4.78, 5) is 0. The summed E-state index contributed by atoms with van der Waals surface area (Å²) in [6, 6.07) is 8.45. The zero-order valence-corrected chi connectivity index (χ0v) is 13.5. The van der Waals surface area contributed by atoms with Gasteiger partial charge in [0.25, 0.3) is 5.16 Å². The van der Waals surface area contributed by atoms with Crippen molar-refractivity contribution in [3.63, 3.8) is 0 Å². The molecule has 0 saturated heterocycles. The molecule has 0 fully saturated rings. The van der Waals surface area contributed by atoms with E-state index in [1.54, 1.807) is 23.5 Å². The molecule has 2 aromatic heterocycles. The highest BCUT2D eigenvalue weighted by atomic mass is 32.2. The van der Waals surface area contributed by atoms with Crippen molar-refractivity contribution in [2.75, 3.05) is 12.5 Å². The maximum Gasteiger partial charge on any atom is 0.383 e. The third-order valence-corrected chi connectivity index (χ3v) is 4.38. The Morgan fingerprint density at radius 2 is 1.75 bits per heavy atom. The summed E-state index contributed by atoms with van der Waals surface area (Å²) in [5.74, 6) is 0.961. The maximum absolute atomic E-state index is 4.66. The zero-order chi connectivity index (χ0) is 14.3. The van der Waals surface area contributed by atoms with Gasteiger partial charge < -0.3 is 0 Å². The van der Waals surface area contributed by atoms with Crippen molar-refractivity contribution in [1.82, 2.24) is 19.4 Å². The molecule has 0 aliphatic heterocycles. The Balaban J connectivity index is 2.32. The molecule has 0 N–H and O–H groups in total. The summed E-state index contributed by atoms with van der Waals surface area (Å²) in [7, 11) is 1.95. The molecule has 0 aliphatic rings. The van der Waals surface area contributed by atoms with Crippen LogP contribution in [0.3, 0.4) is 0 Å². The fourth-order valence-corrected chi connectivity index (χ4v) is 3.19. The average Bonchev–Trinajstić information content (AvgIpc) is 2.97. The van der Waals surface area contributed by atoms with Gasteiger partial charge in [-0.25, -0.2) is 0 Å². The van der Waals surface area contributed by atoms with Crippen LogP contribution in [0, 0.1) is 6.92 Å². The number of nitrogens with zero attached hydrogens (tertiary/aromatic N) is 5. The Labute approximate surface area is 126 Å². The predicted molar refractivity (Wildman–Crippen MR) is 81.8 cm³/mol. The normalized spacial score (nSPS) is 11.4. The van der Waals surface area contributed by atoms with E-state index in [0.29, 0.717) is 0 Å². The number of hydrogen-bond acceptors (Lipinski definition) is 4. The van der Waals surface area contributed by atoms with Crippen molar-refractivity contribution >= 4 is 29.3 Å². The first kappa shape index (κ1) is 13.5. The van der Waals surface area contributed by atoms with E-state index in [1.165, 1.54) is 5.56 Å². The first-order valence-electron chi connectivity index (χ1n) is 6.18. The molecule has 0 unspecified atom stereocenters. The number of aromatic nitrogens is 5. The van der Waals surface area contributed by atoms with Gasteiger partial charge in [0.05, 0.1) is 12.7 Å². The fourth-order valence-electron chi connectivity index (χ4n) is 2.16. The van der Waals surface area contributed by atoms with Gasteiger partial charge in [0, 0.05) is 5.10 Å². The molecule has 0 radical (unpaired) electrons. The Morgan fingerprint density at radius 3 is 2.35 bits per heavy atom. The van der Waals surface area contributed by atoms with Crippen LogP contribution in [-0.4, -0.2) is 31.9 Å². The highest BCUT2D eigenvalue weighted by Gasteiger charge is 2.27. The minimum atomic E-state index is 0.892. The summed E-state index contributed by atoms with van der Waals surface area (Å²) in [6.07, 6.45) is 4.05. The number of fused-ring (bicyclic) bond motifs is 1. The molecule has 3 rings (SSSR count). The smallest absolute Gasteiger partial charge is 0.179 e. The Bertz CT molecular complexity index is 757. The van der Waals surface area contributed by atoms with E-state index in [-0.39, 0.29) is 0 Å². The van der Waals surface area contributed by atoms with E-state index in [0.717, 1.165) is 21.8 Å². The Morgan fingerprint density at radius 1 is 1.05 bits per heavy atom. The average molecular weight is 306 g/mol. The lowest BCUT2D eigenvalue weighted by Gasteiger charge is -2.01. The van der Waals surface area contributed by atoms with Crippen LogP contribution in [0.25, 0.3) is 11.5 Å². The molecular weight excluding hydrogens is 290 g/mol. The van der Waals surface area contributed by atoms with Gasteiger partial charge in [-0.15, -0.1) is 0 Å². The molecule has 20 heavy (non-hydrogen) atoms. The topological polar surface area (TPSA) is 39.0 Å². The standard InChI is InChI=1S/C13H16N5S2/c1-9-5-7-10(8-6-9)17-11(19-3)15-18-12(20-4)14-16(2)13(17)18/h5-8H,1-4H3/q+1. The van der Waals surface area contributed by atoms with Crippen LogP contribution >= 0.6 is 23.5 Å². The summed E-state index contributed by atoms with van der Waals surface area (Å²) in [6.45, 7) is 2.09. The van der Waals surface area contributed by atoms with Crippen LogP contribution < -0.4 is 4.57 Å². The molecule has 0 atom stereocenters. The van der Waals surface area contributed by atoms with Gasteiger partial charge in [0.1, 0.15) is 0 Å². The Kier molecular flexibility index (Phi) is 3.47. The molecule has 3 aromatic rings. The van der Waals surface area contributed by atoms with Gasteiger partial charge in [-0.3, -0.25) is 0 Å². The van der Waals surface area contributed by atoms with E-state index in [4.69, 9.17) is 0 Å². The van der Waals surface area contributed by atoms with Crippen LogP contribution in [0.5, 0.6) is 0 Å². The van der Waals surface area contributed by atoms with Gasteiger partial charge in [-0.1, -0.05) is 50.8 Å². The quantitative estimate of drug-likeness (QED) is 0.549. The summed E-state index contributed by atoms with van der Waals surface area (Å²) < 4.78 is 5.91. The van der Waals surface area contributed by atoms with Gasteiger partial charge >= 0.3 is 10.9 Å². The van der Waals surface area contributed by atoms with Crippen molar-refractivity contribution in [2.24, 2.45) is 7.05 Å². The minimum absolute atomic E-state index is 0.892. The SMILES string of the molecule is CSc1nn(C)c2n1nc(SC)[n+]2-c1ccc(C)cc1. The first-order valence-corrected chi connectivity index (χ1v) is 8.63. The van der Waals surface area contributed by atoms with E-state index in [2.05, 4.69) is 46.0 Å². The second kappa shape index (κ2) is 5.14. The molecule has 0 bridgehead atoms. The van der Waals surface area contributed by atoms with Gasteiger partial charge in [-0.2, -0.15) is 9.25 Å². The third kappa shape index (κ3) is 2.01. The van der Waals surface area contributed by atoms with E-state index in [9.17, 15) is 0 Å². The molecule has 0 saturated carbocycles. The number of rotatable bonds is 3. The van der Waals surface area contributed by atoms with Gasteiger partial charge in [0.15, 0.2) is 0 Å². The second-order valence-electron chi connectivity index (χ2n) is 4.48. The Hall–Kier alpha value is -1.47. The molecule has 0 aliphatic carbocycles. The molecule has 1 aromatic carbocycles. The summed E-state index contributed by atoms with van der Waals surface area (Å²) in [5.41, 5.74) is 2.35. The molecule has 5 nitrogen and oxygen atoms in total. The van der Waals surface area contributed by atoms with Crippen LogP contribution in [0.1, 0.15) is 5.56 Å². The van der Waals surface area contributed by atoms with Crippen molar-refractivity contribution in [3.05, 3.63) is 29.8 Å². The van der Waals surface area contributed by atoms with Crippen molar-refractivity contribution in [2.45, 2.75) is 17.2 Å². The second-order valence-corrected chi connectivity index (χ2v) is 6.03. The van der Waals surface area contributed by atoms with Crippen molar-refractivity contribution in [3.8, 4) is 5.69 Å². The third-order valence-electron chi connectivity index (χ3n) is 3.13. The monoisotopic (exact) mass is 306 g/mol. The lowest BCUT2D eigenvalue weighted by molar-refractivity contribution is -0.613. The number of benzene rings is 1. The van der Waals surface area contributed by atoms with E-state index >= 15 is 0 Å². The zero-order valence-electron chi connectivity index (χ0n) is 11.9. The van der Waals surface area contributed by atoms with Crippen LogP contribution in [-0.2, 0) is 7.05 Å². The molecule has 104 valence electrons. The first-order chi connectivity index (χ1) is 9.65. The fraction of sp³-hybridized carbons (Fsp3) is 0.308. The maximum atomic E-state index is 4.66. The van der Waals surface area contributed by atoms with Crippen LogP contribution in [0.2, 0.25) is 0 Å². The molecule has 2 heterocycles. The summed E-state index contributed by atoms with van der Waals surface area (Å²) in [5, 5.41) is 11.0. The van der Waals surface area contributed by atoms with Gasteiger partial charge in [-0.05, 0) is 31.6 Å². The highest BCUT2D eigenvalue weighted by Crippen LogP contribution is 2.18. The van der Waals surface area contributed by atoms with E-state index in [1.807, 2.05) is 28.8 Å². The predicted octanol–water partition coefficient (Wildman–Crippen LogP) is 2.10.